The number of fused-ring (bicyclic) bond motifs is 1. The van der Waals surface area contributed by atoms with Gasteiger partial charge in [0.2, 0.25) is 5.91 Å². The number of rotatable bonds is 8. The fourth-order valence-electron chi connectivity index (χ4n) is 5.13. The van der Waals surface area contributed by atoms with Crippen LogP contribution in [0.15, 0.2) is 36.8 Å². The third-order valence-electron chi connectivity index (χ3n) is 7.35. The van der Waals surface area contributed by atoms with Gasteiger partial charge in [-0.2, -0.15) is 13.2 Å². The molecule has 1 aliphatic heterocycles. The van der Waals surface area contributed by atoms with E-state index in [2.05, 4.69) is 14.8 Å². The molecule has 5 rings (SSSR count). The average molecular weight is 530 g/mol. The van der Waals surface area contributed by atoms with Crippen LogP contribution in [0.2, 0.25) is 0 Å². The number of nitrogens with zero attached hydrogens (tertiary/aromatic N) is 6. The molecule has 1 saturated carbocycles. The van der Waals surface area contributed by atoms with E-state index in [0.717, 1.165) is 25.0 Å². The van der Waals surface area contributed by atoms with Crippen LogP contribution in [-0.2, 0) is 24.1 Å². The fraction of sp³-hybridized carbons (Fsp3) is 0.462. The van der Waals surface area contributed by atoms with Crippen LogP contribution in [0, 0.1) is 12.4 Å². The molecule has 1 amide bonds. The maximum absolute atomic E-state index is 15.4. The first-order valence-corrected chi connectivity index (χ1v) is 12.4. The van der Waals surface area contributed by atoms with Crippen LogP contribution in [0.5, 0.6) is 0 Å². The van der Waals surface area contributed by atoms with Gasteiger partial charge in [-0.05, 0) is 30.5 Å². The summed E-state index contributed by atoms with van der Waals surface area (Å²) in [6.07, 6.45) is 1.04. The third kappa shape index (κ3) is 5.29. The number of hydrogen-bond acceptors (Lipinski definition) is 5. The Morgan fingerprint density at radius 2 is 1.87 bits per heavy atom. The van der Waals surface area contributed by atoms with Crippen molar-refractivity contribution in [2.75, 3.05) is 24.5 Å². The van der Waals surface area contributed by atoms with Gasteiger partial charge in [0.05, 0.1) is 17.5 Å². The molecule has 0 unspecified atom stereocenters. The van der Waals surface area contributed by atoms with Crippen molar-refractivity contribution in [2.45, 2.75) is 56.5 Å². The maximum atomic E-state index is 15.4. The zero-order valence-electron chi connectivity index (χ0n) is 20.6. The molecule has 2 N–H and O–H groups in total. The lowest BCUT2D eigenvalue weighted by Gasteiger charge is -2.33. The average Bonchev–Trinajstić information content (AvgIpc) is 3.67. The van der Waals surface area contributed by atoms with Gasteiger partial charge in [-0.3, -0.25) is 9.69 Å². The Labute approximate surface area is 216 Å². The number of carbonyl (C=O) groups is 1. The minimum absolute atomic E-state index is 0.0994. The first-order valence-electron chi connectivity index (χ1n) is 12.4. The number of anilines is 1. The molecule has 38 heavy (non-hydrogen) atoms. The zero-order chi connectivity index (χ0) is 27.1. The highest BCUT2D eigenvalue weighted by Crippen LogP contribution is 2.38. The maximum Gasteiger partial charge on any atom is 0.416 e. The van der Waals surface area contributed by atoms with Gasteiger partial charge in [0.15, 0.2) is 5.82 Å². The number of likely N-dealkylation sites (tertiary alicyclic amines) is 1. The van der Waals surface area contributed by atoms with Gasteiger partial charge in [-0.1, -0.05) is 12.1 Å². The standard InChI is InChI=1S/C26H27F4N7O/c1-32-25(8-10-35(11-9-25)14-21(31)38)15-36-13-20(27)22-23(36)33-16-34-24(22)37(19-6-7-19)12-17-2-4-18(5-3-17)26(28,29)30/h2-5,13,16,19H,6-12,14-15H2,(H2,31,38). The van der Waals surface area contributed by atoms with E-state index in [9.17, 15) is 18.0 Å². The molecule has 0 bridgehead atoms. The normalized spacial score (nSPS) is 17.9. The summed E-state index contributed by atoms with van der Waals surface area (Å²) in [6, 6.07) is 5.06. The first-order chi connectivity index (χ1) is 18.1. The first kappa shape index (κ1) is 25.9. The van der Waals surface area contributed by atoms with Gasteiger partial charge in [0, 0.05) is 44.7 Å². The second-order valence-electron chi connectivity index (χ2n) is 10.1. The molecule has 200 valence electrons. The summed E-state index contributed by atoms with van der Waals surface area (Å²) in [5.41, 5.74) is 4.83. The van der Waals surface area contributed by atoms with Gasteiger partial charge >= 0.3 is 6.18 Å². The molecule has 2 fully saturated rings. The number of benzene rings is 1. The smallest absolute Gasteiger partial charge is 0.369 e. The van der Waals surface area contributed by atoms with Gasteiger partial charge in [-0.15, -0.1) is 0 Å². The van der Waals surface area contributed by atoms with Gasteiger partial charge in [0.1, 0.15) is 24.3 Å². The van der Waals surface area contributed by atoms with Gasteiger partial charge < -0.3 is 20.0 Å². The summed E-state index contributed by atoms with van der Waals surface area (Å²) in [7, 11) is 0. The van der Waals surface area contributed by atoms with E-state index in [-0.39, 0.29) is 31.1 Å². The van der Waals surface area contributed by atoms with Crippen LogP contribution in [0.1, 0.15) is 36.8 Å². The Kier molecular flexibility index (Phi) is 6.73. The summed E-state index contributed by atoms with van der Waals surface area (Å²) in [5, 5.41) is 0.234. The minimum Gasteiger partial charge on any atom is -0.369 e. The predicted molar refractivity (Wildman–Crippen MR) is 132 cm³/mol. The lowest BCUT2D eigenvalue weighted by atomic mass is 9.88. The summed E-state index contributed by atoms with van der Waals surface area (Å²) < 4.78 is 56.0. The van der Waals surface area contributed by atoms with E-state index in [1.807, 2.05) is 9.80 Å². The Morgan fingerprint density at radius 3 is 2.45 bits per heavy atom. The molecule has 1 saturated heterocycles. The molecule has 1 aliphatic carbocycles. The van der Waals surface area contributed by atoms with Crippen molar-refractivity contribution >= 4 is 22.8 Å². The highest BCUT2D eigenvalue weighted by Gasteiger charge is 2.42. The van der Waals surface area contributed by atoms with Crippen molar-refractivity contribution in [1.29, 1.82) is 0 Å². The van der Waals surface area contributed by atoms with Crippen molar-refractivity contribution in [2.24, 2.45) is 5.73 Å². The third-order valence-corrected chi connectivity index (χ3v) is 7.35. The molecule has 2 aliphatic rings. The van der Waals surface area contributed by atoms with Crippen LogP contribution in [0.25, 0.3) is 15.9 Å². The number of halogens is 4. The second-order valence-corrected chi connectivity index (χ2v) is 10.1. The van der Waals surface area contributed by atoms with Crippen LogP contribution < -0.4 is 10.6 Å². The Hall–Kier alpha value is -3.72. The van der Waals surface area contributed by atoms with Crippen LogP contribution in [0.3, 0.4) is 0 Å². The number of aromatic nitrogens is 3. The molecule has 0 radical (unpaired) electrons. The monoisotopic (exact) mass is 529 g/mol. The Bertz CT molecular complexity index is 1370. The number of nitrogens with two attached hydrogens (primary N) is 1. The SMILES string of the molecule is [C-]#[N+]C1(Cn2cc(F)c3c(N(Cc4ccc(C(F)(F)F)cc4)C4CC4)ncnc32)CCN(CC(N)=O)CC1. The molecule has 2 aromatic heterocycles. The lowest BCUT2D eigenvalue weighted by molar-refractivity contribution is -0.137. The number of amides is 1. The molecule has 0 atom stereocenters. The van der Waals surface area contributed by atoms with E-state index >= 15 is 4.39 Å². The van der Waals surface area contributed by atoms with Crippen molar-refractivity contribution in [3.63, 3.8) is 0 Å². The number of hydrogen-bond donors (Lipinski definition) is 1. The van der Waals surface area contributed by atoms with Crippen molar-refractivity contribution < 1.29 is 22.4 Å². The van der Waals surface area contributed by atoms with Gasteiger partial charge in [-0.25, -0.2) is 20.9 Å². The van der Waals surface area contributed by atoms with Gasteiger partial charge in [0.25, 0.3) is 5.54 Å². The quantitative estimate of drug-likeness (QED) is 0.352. The van der Waals surface area contributed by atoms with Crippen molar-refractivity contribution in [3.05, 3.63) is 65.2 Å². The molecular formula is C26H27F4N7O. The summed E-state index contributed by atoms with van der Waals surface area (Å²) in [6.45, 7) is 9.60. The number of carbonyl (C=O) groups excluding carboxylic acids is 1. The van der Waals surface area contributed by atoms with Crippen molar-refractivity contribution in [3.8, 4) is 0 Å². The van der Waals surface area contributed by atoms with E-state index < -0.39 is 29.0 Å². The summed E-state index contributed by atoms with van der Waals surface area (Å²) in [4.78, 5) is 27.7. The van der Waals surface area contributed by atoms with Crippen LogP contribution in [-0.4, -0.2) is 56.6 Å². The second kappa shape index (κ2) is 9.87. The molecule has 3 aromatic rings. The molecule has 0 spiro atoms. The van der Waals surface area contributed by atoms with Crippen LogP contribution in [0.4, 0.5) is 23.4 Å². The molecule has 3 heterocycles. The summed E-state index contributed by atoms with van der Waals surface area (Å²) in [5.74, 6) is -0.540. The Balaban J connectivity index is 1.42. The highest BCUT2D eigenvalue weighted by molar-refractivity contribution is 5.89. The highest BCUT2D eigenvalue weighted by atomic mass is 19.4. The van der Waals surface area contributed by atoms with E-state index in [4.69, 9.17) is 12.3 Å². The molecular weight excluding hydrogens is 502 g/mol. The van der Waals surface area contributed by atoms with E-state index in [0.29, 0.717) is 43.0 Å². The number of piperidine rings is 1. The molecule has 1 aromatic carbocycles. The van der Waals surface area contributed by atoms with E-state index in [1.54, 1.807) is 4.57 Å². The Morgan fingerprint density at radius 1 is 1.18 bits per heavy atom. The summed E-state index contributed by atoms with van der Waals surface area (Å²) >= 11 is 0. The zero-order valence-corrected chi connectivity index (χ0v) is 20.6. The minimum atomic E-state index is -4.42. The largest absolute Gasteiger partial charge is 0.416 e. The van der Waals surface area contributed by atoms with E-state index in [1.165, 1.54) is 24.7 Å². The number of primary amides is 1. The van der Waals surface area contributed by atoms with Crippen LogP contribution >= 0.6 is 0 Å². The molecule has 8 nitrogen and oxygen atoms in total. The topological polar surface area (TPSA) is 84.6 Å². The lowest BCUT2D eigenvalue weighted by Crippen LogP contribution is -2.47. The molecule has 12 heteroatoms. The number of alkyl halides is 3. The fourth-order valence-corrected chi connectivity index (χ4v) is 5.13. The van der Waals surface area contributed by atoms with Crippen molar-refractivity contribution in [1.82, 2.24) is 19.4 Å². The predicted octanol–water partition coefficient (Wildman–Crippen LogP) is 4.00.